The number of anilines is 2. The molecule has 0 aliphatic carbocycles. The Morgan fingerprint density at radius 2 is 2.14 bits per heavy atom. The standard InChI is InChI=1S/C14H15N5OS/c1-4-20-10(3)11-9(2)14(21-18-11)17-12-13-16-6-8-19(13)7-5-15-12/h5-8H,3-4H2,1-2H3,(H,15,17). The molecule has 1 N–H and O–H groups in total. The van der Waals surface area contributed by atoms with Crippen LogP contribution in [0.25, 0.3) is 11.4 Å². The summed E-state index contributed by atoms with van der Waals surface area (Å²) < 4.78 is 11.7. The molecule has 3 aromatic heterocycles. The first kappa shape index (κ1) is 13.6. The van der Waals surface area contributed by atoms with Crippen molar-refractivity contribution in [1.29, 1.82) is 0 Å². The fraction of sp³-hybridized carbons (Fsp3) is 0.214. The first-order valence-electron chi connectivity index (χ1n) is 6.53. The van der Waals surface area contributed by atoms with E-state index in [1.807, 2.05) is 30.6 Å². The van der Waals surface area contributed by atoms with Crippen LogP contribution in [0.3, 0.4) is 0 Å². The lowest BCUT2D eigenvalue weighted by atomic mass is 10.2. The van der Waals surface area contributed by atoms with Gasteiger partial charge in [-0.05, 0) is 25.4 Å². The van der Waals surface area contributed by atoms with Crippen LogP contribution in [-0.4, -0.2) is 25.3 Å². The normalized spacial score (nSPS) is 10.8. The van der Waals surface area contributed by atoms with Gasteiger partial charge in [-0.25, -0.2) is 9.97 Å². The zero-order valence-corrected chi connectivity index (χ0v) is 12.6. The number of nitrogens with zero attached hydrogens (tertiary/aromatic N) is 4. The number of fused-ring (bicyclic) bond motifs is 1. The highest BCUT2D eigenvalue weighted by Crippen LogP contribution is 2.31. The second kappa shape index (κ2) is 5.53. The molecule has 7 heteroatoms. The predicted molar refractivity (Wildman–Crippen MR) is 83.8 cm³/mol. The summed E-state index contributed by atoms with van der Waals surface area (Å²) in [6.07, 6.45) is 7.21. The third-order valence-electron chi connectivity index (χ3n) is 3.05. The largest absolute Gasteiger partial charge is 0.492 e. The molecule has 0 aliphatic heterocycles. The first-order chi connectivity index (χ1) is 10.2. The average Bonchev–Trinajstić information content (AvgIpc) is 3.07. The SMILES string of the molecule is C=C(OCC)c1nsc(Nc2nccn3ccnc23)c1C. The predicted octanol–water partition coefficient (Wildman–Crippen LogP) is 3.25. The summed E-state index contributed by atoms with van der Waals surface area (Å²) in [5.74, 6) is 1.29. The van der Waals surface area contributed by atoms with Gasteiger partial charge in [-0.1, -0.05) is 6.58 Å². The Kier molecular flexibility index (Phi) is 3.57. The molecule has 3 heterocycles. The second-order valence-corrected chi connectivity index (χ2v) is 5.17. The molecule has 0 aromatic carbocycles. The molecule has 0 radical (unpaired) electrons. The highest BCUT2D eigenvalue weighted by molar-refractivity contribution is 7.10. The van der Waals surface area contributed by atoms with Crippen LogP contribution >= 0.6 is 11.5 Å². The number of hydrogen-bond donors (Lipinski definition) is 1. The Labute approximate surface area is 126 Å². The zero-order chi connectivity index (χ0) is 14.8. The maximum absolute atomic E-state index is 5.42. The van der Waals surface area contributed by atoms with Gasteiger partial charge in [0.05, 0.1) is 6.61 Å². The van der Waals surface area contributed by atoms with Gasteiger partial charge < -0.3 is 14.5 Å². The number of nitrogens with one attached hydrogen (secondary N) is 1. The Hall–Kier alpha value is -2.41. The summed E-state index contributed by atoms with van der Waals surface area (Å²) in [4.78, 5) is 8.63. The van der Waals surface area contributed by atoms with Gasteiger partial charge in [-0.3, -0.25) is 0 Å². The molecule has 21 heavy (non-hydrogen) atoms. The van der Waals surface area contributed by atoms with Gasteiger partial charge in [0.2, 0.25) is 0 Å². The molecule has 0 bridgehead atoms. The molecule has 0 saturated carbocycles. The Morgan fingerprint density at radius 3 is 2.90 bits per heavy atom. The smallest absolute Gasteiger partial charge is 0.180 e. The monoisotopic (exact) mass is 301 g/mol. The van der Waals surface area contributed by atoms with Crippen LogP contribution in [0.2, 0.25) is 0 Å². The zero-order valence-electron chi connectivity index (χ0n) is 11.8. The highest BCUT2D eigenvalue weighted by atomic mass is 32.1. The molecule has 6 nitrogen and oxygen atoms in total. The summed E-state index contributed by atoms with van der Waals surface area (Å²) in [5.41, 5.74) is 2.55. The fourth-order valence-electron chi connectivity index (χ4n) is 2.00. The molecular formula is C14H15N5OS. The van der Waals surface area contributed by atoms with Crippen molar-refractivity contribution in [2.75, 3.05) is 11.9 Å². The van der Waals surface area contributed by atoms with Gasteiger partial charge in [0.15, 0.2) is 11.5 Å². The molecule has 0 amide bonds. The third-order valence-corrected chi connectivity index (χ3v) is 3.91. The van der Waals surface area contributed by atoms with Crippen molar-refractivity contribution in [3.63, 3.8) is 0 Å². The van der Waals surface area contributed by atoms with Crippen molar-refractivity contribution in [2.24, 2.45) is 0 Å². The molecule has 3 aromatic rings. The van der Waals surface area contributed by atoms with Crippen LogP contribution in [0.5, 0.6) is 0 Å². The Balaban J connectivity index is 1.92. The van der Waals surface area contributed by atoms with Gasteiger partial charge in [-0.2, -0.15) is 4.37 Å². The van der Waals surface area contributed by atoms with Crippen molar-refractivity contribution < 1.29 is 4.74 Å². The summed E-state index contributed by atoms with van der Waals surface area (Å²) >= 11 is 1.36. The van der Waals surface area contributed by atoms with E-state index < -0.39 is 0 Å². The minimum atomic E-state index is 0.577. The highest BCUT2D eigenvalue weighted by Gasteiger charge is 2.15. The van der Waals surface area contributed by atoms with E-state index in [0.29, 0.717) is 18.2 Å². The molecule has 108 valence electrons. The van der Waals surface area contributed by atoms with Crippen LogP contribution in [0.1, 0.15) is 18.2 Å². The third kappa shape index (κ3) is 2.47. The molecular weight excluding hydrogens is 286 g/mol. The van der Waals surface area contributed by atoms with Crippen LogP contribution < -0.4 is 5.32 Å². The van der Waals surface area contributed by atoms with Gasteiger partial charge in [-0.15, -0.1) is 0 Å². The number of rotatable bonds is 5. The van der Waals surface area contributed by atoms with Crippen LogP contribution in [-0.2, 0) is 4.74 Å². The van der Waals surface area contributed by atoms with Crippen molar-refractivity contribution in [3.8, 4) is 0 Å². The van der Waals surface area contributed by atoms with Crippen molar-refractivity contribution >= 4 is 33.8 Å². The lowest BCUT2D eigenvalue weighted by molar-refractivity contribution is 0.298. The molecule has 0 fully saturated rings. The molecule has 3 rings (SSSR count). The van der Waals surface area contributed by atoms with E-state index in [-0.39, 0.29) is 0 Å². The van der Waals surface area contributed by atoms with Gasteiger partial charge in [0.25, 0.3) is 0 Å². The number of imidazole rings is 1. The van der Waals surface area contributed by atoms with Crippen LogP contribution in [0.4, 0.5) is 10.8 Å². The van der Waals surface area contributed by atoms with E-state index in [0.717, 1.165) is 21.9 Å². The summed E-state index contributed by atoms with van der Waals surface area (Å²) in [7, 11) is 0. The number of aromatic nitrogens is 4. The molecule has 0 atom stereocenters. The quantitative estimate of drug-likeness (QED) is 0.733. The minimum Gasteiger partial charge on any atom is -0.492 e. The number of hydrogen-bond acceptors (Lipinski definition) is 6. The lowest BCUT2D eigenvalue weighted by Crippen LogP contribution is -1.98. The van der Waals surface area contributed by atoms with Crippen molar-refractivity contribution in [3.05, 3.63) is 42.6 Å². The van der Waals surface area contributed by atoms with Gasteiger partial charge >= 0.3 is 0 Å². The Bertz CT molecular complexity index is 792. The second-order valence-electron chi connectivity index (χ2n) is 4.40. The molecule has 0 saturated heterocycles. The molecule has 0 spiro atoms. The first-order valence-corrected chi connectivity index (χ1v) is 7.31. The maximum Gasteiger partial charge on any atom is 0.180 e. The Morgan fingerprint density at radius 1 is 1.38 bits per heavy atom. The van der Waals surface area contributed by atoms with Crippen molar-refractivity contribution in [2.45, 2.75) is 13.8 Å². The minimum absolute atomic E-state index is 0.577. The number of ether oxygens (including phenoxy) is 1. The fourth-order valence-corrected chi connectivity index (χ4v) is 2.80. The summed E-state index contributed by atoms with van der Waals surface area (Å²) in [6, 6.07) is 0. The topological polar surface area (TPSA) is 64.3 Å². The lowest BCUT2D eigenvalue weighted by Gasteiger charge is -2.07. The van der Waals surface area contributed by atoms with Crippen LogP contribution in [0.15, 0.2) is 31.4 Å². The van der Waals surface area contributed by atoms with Crippen molar-refractivity contribution in [1.82, 2.24) is 18.7 Å². The van der Waals surface area contributed by atoms with E-state index in [1.54, 1.807) is 12.4 Å². The average molecular weight is 301 g/mol. The molecule has 0 unspecified atom stereocenters. The summed E-state index contributed by atoms with van der Waals surface area (Å²) in [5, 5.41) is 4.20. The van der Waals surface area contributed by atoms with Gasteiger partial charge in [0.1, 0.15) is 16.5 Å². The van der Waals surface area contributed by atoms with E-state index in [9.17, 15) is 0 Å². The van der Waals surface area contributed by atoms with E-state index >= 15 is 0 Å². The van der Waals surface area contributed by atoms with E-state index in [4.69, 9.17) is 4.74 Å². The maximum atomic E-state index is 5.42. The van der Waals surface area contributed by atoms with Crippen LogP contribution in [0, 0.1) is 6.92 Å². The van der Waals surface area contributed by atoms with E-state index in [1.165, 1.54) is 11.5 Å². The van der Waals surface area contributed by atoms with Gasteiger partial charge in [0, 0.05) is 30.4 Å². The summed E-state index contributed by atoms with van der Waals surface area (Å²) in [6.45, 7) is 8.39. The van der Waals surface area contributed by atoms with E-state index in [2.05, 4.69) is 26.2 Å². The molecule has 0 aliphatic rings.